The average Bonchev–Trinajstić information content (AvgIpc) is 2.89. The summed E-state index contributed by atoms with van der Waals surface area (Å²) in [6.07, 6.45) is 2.78. The Morgan fingerprint density at radius 2 is 2.04 bits per heavy atom. The van der Waals surface area contributed by atoms with Gasteiger partial charge in [-0.1, -0.05) is 19.1 Å². The van der Waals surface area contributed by atoms with Crippen LogP contribution in [0.3, 0.4) is 0 Å². The molecule has 1 amide bonds. The number of amides is 1. The minimum atomic E-state index is -0.198. The predicted octanol–water partition coefficient (Wildman–Crippen LogP) is 3.99. The molecule has 3 rings (SSSR count). The fraction of sp³-hybridized carbons (Fsp3) is 0.263. The number of aromatic nitrogens is 2. The van der Waals surface area contributed by atoms with Gasteiger partial charge in [-0.05, 0) is 50.1 Å². The quantitative estimate of drug-likeness (QED) is 0.772. The monoisotopic (exact) mass is 323 g/mol. The number of para-hydroxylation sites is 2. The highest BCUT2D eigenvalue weighted by Crippen LogP contribution is 2.25. The van der Waals surface area contributed by atoms with Crippen molar-refractivity contribution in [2.45, 2.75) is 27.2 Å². The van der Waals surface area contributed by atoms with Gasteiger partial charge in [0, 0.05) is 6.20 Å². The zero-order valence-corrected chi connectivity index (χ0v) is 14.2. The van der Waals surface area contributed by atoms with Crippen molar-refractivity contribution in [3.8, 4) is 5.75 Å². The minimum Gasteiger partial charge on any atom is -0.491 e. The molecule has 0 radical (unpaired) electrons. The highest BCUT2D eigenvalue weighted by molar-refractivity contribution is 6.05. The lowest BCUT2D eigenvalue weighted by Gasteiger charge is -2.12. The minimum absolute atomic E-state index is 0.198. The number of hydrogen-bond donors (Lipinski definition) is 1. The number of ether oxygens (including phenoxy) is 1. The zero-order valence-electron chi connectivity index (χ0n) is 14.2. The smallest absolute Gasteiger partial charge is 0.274 e. The lowest BCUT2D eigenvalue weighted by molar-refractivity contribution is 0.102. The van der Waals surface area contributed by atoms with Crippen molar-refractivity contribution in [1.29, 1.82) is 0 Å². The van der Waals surface area contributed by atoms with Crippen LogP contribution in [0, 0.1) is 13.8 Å². The topological polar surface area (TPSA) is 55.6 Å². The van der Waals surface area contributed by atoms with E-state index >= 15 is 0 Å². The molecule has 0 spiro atoms. The first-order valence-electron chi connectivity index (χ1n) is 8.08. The molecule has 0 aliphatic carbocycles. The van der Waals surface area contributed by atoms with Gasteiger partial charge in [0.2, 0.25) is 0 Å². The Morgan fingerprint density at radius 3 is 2.83 bits per heavy atom. The third-order valence-corrected chi connectivity index (χ3v) is 3.77. The van der Waals surface area contributed by atoms with Gasteiger partial charge in [0.25, 0.3) is 5.91 Å². The maximum atomic E-state index is 12.8. The second kappa shape index (κ2) is 6.74. The first-order chi connectivity index (χ1) is 11.6. The Morgan fingerprint density at radius 1 is 1.25 bits per heavy atom. The normalized spacial score (nSPS) is 10.8. The molecule has 124 valence electrons. The molecule has 0 atom stereocenters. The fourth-order valence-corrected chi connectivity index (χ4v) is 2.63. The summed E-state index contributed by atoms with van der Waals surface area (Å²) < 4.78 is 7.51. The Balaban J connectivity index is 1.92. The molecule has 0 aliphatic rings. The van der Waals surface area contributed by atoms with Crippen molar-refractivity contribution < 1.29 is 9.53 Å². The number of carbonyl (C=O) groups is 1. The van der Waals surface area contributed by atoms with Gasteiger partial charge in [0.05, 0.1) is 18.0 Å². The largest absolute Gasteiger partial charge is 0.491 e. The van der Waals surface area contributed by atoms with E-state index in [0.717, 1.165) is 17.6 Å². The molecule has 0 aliphatic heterocycles. The SMILES string of the molecule is CCCOc1ccccc1NC(=O)c1c(C)nc2cc(C)ccn12. The van der Waals surface area contributed by atoms with Crippen LogP contribution in [0.2, 0.25) is 0 Å². The Hall–Kier alpha value is -2.82. The number of pyridine rings is 1. The van der Waals surface area contributed by atoms with E-state index in [1.807, 2.05) is 67.8 Å². The second-order valence-corrected chi connectivity index (χ2v) is 5.78. The number of nitrogens with one attached hydrogen (secondary N) is 1. The van der Waals surface area contributed by atoms with Gasteiger partial charge < -0.3 is 10.1 Å². The van der Waals surface area contributed by atoms with Gasteiger partial charge in [0.1, 0.15) is 17.1 Å². The van der Waals surface area contributed by atoms with Crippen molar-refractivity contribution >= 4 is 17.2 Å². The number of carbonyl (C=O) groups excluding carboxylic acids is 1. The third kappa shape index (κ3) is 3.11. The Bertz CT molecular complexity index is 883. The molecular weight excluding hydrogens is 302 g/mol. The summed E-state index contributed by atoms with van der Waals surface area (Å²) in [5.41, 5.74) is 3.78. The summed E-state index contributed by atoms with van der Waals surface area (Å²) in [7, 11) is 0. The molecule has 0 saturated heterocycles. The summed E-state index contributed by atoms with van der Waals surface area (Å²) in [5, 5.41) is 2.94. The first kappa shape index (κ1) is 16.1. The summed E-state index contributed by atoms with van der Waals surface area (Å²) in [6, 6.07) is 11.4. The lowest BCUT2D eigenvalue weighted by Crippen LogP contribution is -2.16. The van der Waals surface area contributed by atoms with Gasteiger partial charge in [-0.25, -0.2) is 4.98 Å². The van der Waals surface area contributed by atoms with Crippen LogP contribution >= 0.6 is 0 Å². The number of anilines is 1. The number of nitrogens with zero attached hydrogens (tertiary/aromatic N) is 2. The van der Waals surface area contributed by atoms with Crippen molar-refractivity contribution in [3.05, 3.63) is 59.5 Å². The number of fused-ring (bicyclic) bond motifs is 1. The second-order valence-electron chi connectivity index (χ2n) is 5.78. The van der Waals surface area contributed by atoms with Crippen molar-refractivity contribution in [3.63, 3.8) is 0 Å². The van der Waals surface area contributed by atoms with E-state index < -0.39 is 0 Å². The molecule has 2 aromatic heterocycles. The highest BCUT2D eigenvalue weighted by Gasteiger charge is 2.18. The zero-order chi connectivity index (χ0) is 17.1. The van der Waals surface area contributed by atoms with Crippen LogP contribution in [0.15, 0.2) is 42.6 Å². The molecule has 5 heteroatoms. The van der Waals surface area contributed by atoms with E-state index in [2.05, 4.69) is 10.3 Å². The van der Waals surface area contributed by atoms with E-state index in [1.54, 1.807) is 0 Å². The van der Waals surface area contributed by atoms with Gasteiger partial charge in [-0.15, -0.1) is 0 Å². The molecule has 0 unspecified atom stereocenters. The van der Waals surface area contributed by atoms with Gasteiger partial charge in [-0.3, -0.25) is 9.20 Å². The maximum absolute atomic E-state index is 12.8. The molecule has 0 saturated carbocycles. The standard InChI is InChI=1S/C19H21N3O2/c1-4-11-24-16-8-6-5-7-15(16)21-19(23)18-14(3)20-17-12-13(2)9-10-22(17)18/h5-10,12H,4,11H2,1-3H3,(H,21,23). The van der Waals surface area contributed by atoms with E-state index in [4.69, 9.17) is 4.74 Å². The van der Waals surface area contributed by atoms with Gasteiger partial charge in [-0.2, -0.15) is 0 Å². The van der Waals surface area contributed by atoms with Crippen molar-refractivity contribution in [1.82, 2.24) is 9.38 Å². The summed E-state index contributed by atoms with van der Waals surface area (Å²) >= 11 is 0. The summed E-state index contributed by atoms with van der Waals surface area (Å²) in [4.78, 5) is 17.3. The number of rotatable bonds is 5. The van der Waals surface area contributed by atoms with E-state index in [0.29, 0.717) is 29.4 Å². The first-order valence-corrected chi connectivity index (χ1v) is 8.08. The van der Waals surface area contributed by atoms with Crippen molar-refractivity contribution in [2.24, 2.45) is 0 Å². The van der Waals surface area contributed by atoms with Crippen LogP contribution in [0.4, 0.5) is 5.69 Å². The number of imidazole rings is 1. The third-order valence-electron chi connectivity index (χ3n) is 3.77. The van der Waals surface area contributed by atoms with Crippen LogP contribution in [0.1, 0.15) is 35.1 Å². The van der Waals surface area contributed by atoms with Crippen LogP contribution in [0.5, 0.6) is 5.75 Å². The number of hydrogen-bond acceptors (Lipinski definition) is 3. The lowest BCUT2D eigenvalue weighted by atomic mass is 10.2. The molecule has 0 fully saturated rings. The number of aryl methyl sites for hydroxylation is 2. The molecule has 2 heterocycles. The summed E-state index contributed by atoms with van der Waals surface area (Å²) in [5.74, 6) is 0.478. The Kier molecular flexibility index (Phi) is 4.51. The molecule has 3 aromatic rings. The molecular formula is C19H21N3O2. The van der Waals surface area contributed by atoms with E-state index in [9.17, 15) is 4.79 Å². The van der Waals surface area contributed by atoms with Crippen LogP contribution in [-0.4, -0.2) is 21.9 Å². The molecule has 24 heavy (non-hydrogen) atoms. The van der Waals surface area contributed by atoms with Gasteiger partial charge in [0.15, 0.2) is 0 Å². The molecule has 1 aromatic carbocycles. The van der Waals surface area contributed by atoms with Crippen molar-refractivity contribution in [2.75, 3.05) is 11.9 Å². The average molecular weight is 323 g/mol. The highest BCUT2D eigenvalue weighted by atomic mass is 16.5. The van der Waals surface area contributed by atoms with E-state index in [1.165, 1.54) is 0 Å². The predicted molar refractivity (Wildman–Crippen MR) is 94.8 cm³/mol. The Labute approximate surface area is 141 Å². The van der Waals surface area contributed by atoms with E-state index in [-0.39, 0.29) is 5.91 Å². The van der Waals surface area contributed by atoms with Crippen LogP contribution < -0.4 is 10.1 Å². The van der Waals surface area contributed by atoms with Gasteiger partial charge >= 0.3 is 0 Å². The molecule has 0 bridgehead atoms. The van der Waals surface area contributed by atoms with Crippen LogP contribution in [-0.2, 0) is 0 Å². The summed E-state index contributed by atoms with van der Waals surface area (Å²) in [6.45, 7) is 6.51. The molecule has 5 nitrogen and oxygen atoms in total. The molecule has 1 N–H and O–H groups in total. The van der Waals surface area contributed by atoms with Crippen LogP contribution in [0.25, 0.3) is 5.65 Å². The fourth-order valence-electron chi connectivity index (χ4n) is 2.63. The number of benzene rings is 1. The maximum Gasteiger partial charge on any atom is 0.274 e.